The van der Waals surface area contributed by atoms with Crippen molar-refractivity contribution in [3.8, 4) is 0 Å². The second kappa shape index (κ2) is 7.36. The second-order valence-corrected chi connectivity index (χ2v) is 9.89. The number of carbonyl (C=O) groups excluding carboxylic acids is 1. The van der Waals surface area contributed by atoms with E-state index in [9.17, 15) is 19.3 Å². The van der Waals surface area contributed by atoms with Crippen molar-refractivity contribution < 1.29 is 18.8 Å². The van der Waals surface area contributed by atoms with Gasteiger partial charge in [0.05, 0.1) is 11.0 Å². The van der Waals surface area contributed by atoms with Crippen LogP contribution in [0.1, 0.15) is 64.0 Å². The van der Waals surface area contributed by atoms with Crippen molar-refractivity contribution in [3.63, 3.8) is 0 Å². The first kappa shape index (κ1) is 20.8. The summed E-state index contributed by atoms with van der Waals surface area (Å²) in [4.78, 5) is 25.5. The Hall–Kier alpha value is -2.44. The highest BCUT2D eigenvalue weighted by atomic mass is 19.1. The first-order chi connectivity index (χ1) is 14.0. The molecule has 0 radical (unpaired) electrons. The number of hydrogen-bond donors (Lipinski definition) is 0. The fourth-order valence-electron chi connectivity index (χ4n) is 4.50. The minimum atomic E-state index is -0.818. The van der Waals surface area contributed by atoms with Gasteiger partial charge in [0.1, 0.15) is 5.60 Å². The van der Waals surface area contributed by atoms with Gasteiger partial charge in [0.15, 0.2) is 0 Å². The molecule has 1 aliphatic heterocycles. The van der Waals surface area contributed by atoms with Crippen LogP contribution >= 0.6 is 0 Å². The Balaban J connectivity index is 1.73. The van der Waals surface area contributed by atoms with E-state index in [-0.39, 0.29) is 18.2 Å². The summed E-state index contributed by atoms with van der Waals surface area (Å²) in [6.07, 6.45) is 6.67. The third-order valence-corrected chi connectivity index (χ3v) is 6.19. The number of nitro groups is 1. The Morgan fingerprint density at radius 3 is 2.37 bits per heavy atom. The minimum Gasteiger partial charge on any atom is -0.444 e. The van der Waals surface area contributed by atoms with E-state index in [1.807, 2.05) is 25.7 Å². The number of halogens is 1. The molecular formula is C23H29FN2O4. The number of benzene rings is 1. The number of ether oxygens (including phenoxy) is 1. The molecule has 2 saturated carbocycles. The van der Waals surface area contributed by atoms with Gasteiger partial charge in [-0.25, -0.2) is 4.79 Å². The van der Waals surface area contributed by atoms with Crippen molar-refractivity contribution in [3.05, 3.63) is 45.3 Å². The highest BCUT2D eigenvalue weighted by Gasteiger charge is 2.48. The average Bonchev–Trinajstić information content (AvgIpc) is 3.53. The van der Waals surface area contributed by atoms with Gasteiger partial charge in [0.25, 0.3) is 0 Å². The maximum absolute atomic E-state index is 14.4. The van der Waals surface area contributed by atoms with Crippen molar-refractivity contribution in [2.75, 3.05) is 0 Å². The molecule has 0 bridgehead atoms. The van der Waals surface area contributed by atoms with Gasteiger partial charge in [-0.05, 0) is 94.4 Å². The van der Waals surface area contributed by atoms with E-state index in [0.717, 1.165) is 31.3 Å². The molecule has 30 heavy (non-hydrogen) atoms. The van der Waals surface area contributed by atoms with Crippen molar-refractivity contribution in [2.45, 2.75) is 77.5 Å². The molecule has 162 valence electrons. The van der Waals surface area contributed by atoms with Crippen LogP contribution in [0.5, 0.6) is 0 Å². The minimum absolute atomic E-state index is 0.0168. The molecule has 6 nitrogen and oxygen atoms in total. The molecule has 2 fully saturated rings. The Morgan fingerprint density at radius 1 is 1.20 bits per heavy atom. The summed E-state index contributed by atoms with van der Waals surface area (Å²) in [5, 5.41) is 11.1. The summed E-state index contributed by atoms with van der Waals surface area (Å²) in [6, 6.07) is 2.54. The zero-order valence-corrected chi connectivity index (χ0v) is 18.0. The molecule has 1 aromatic rings. The average molecular weight is 416 g/mol. The first-order valence-electron chi connectivity index (χ1n) is 10.7. The van der Waals surface area contributed by atoms with Gasteiger partial charge >= 0.3 is 11.8 Å². The summed E-state index contributed by atoms with van der Waals surface area (Å²) < 4.78 is 20.2. The standard InChI is InChI=1S/C23H29FN2O4/c1-13-9-21(26(28)29)18(24)12-17(13)16-10-19(14-5-6-14)25(20(11-16)15-7-8-15)22(27)30-23(2,3)4/h9-10,12,14-15,19-20H,5-8,11H2,1-4H3/t19-,20+/m1/s1. The molecular weight excluding hydrogens is 387 g/mol. The van der Waals surface area contributed by atoms with Crippen LogP contribution in [-0.4, -0.2) is 33.6 Å². The SMILES string of the molecule is Cc1cc([N+](=O)[O-])c(F)cc1C1=C[C@H](C2CC2)N(C(=O)OC(C)(C)C)[C@H](C2CC2)C1. The van der Waals surface area contributed by atoms with Crippen LogP contribution in [0.15, 0.2) is 18.2 Å². The van der Waals surface area contributed by atoms with Gasteiger partial charge in [-0.3, -0.25) is 15.0 Å². The van der Waals surface area contributed by atoms with Crippen LogP contribution in [0.3, 0.4) is 0 Å². The normalized spacial score (nSPS) is 24.4. The number of amides is 1. The Kier molecular flexibility index (Phi) is 5.11. The molecule has 1 aromatic carbocycles. The van der Waals surface area contributed by atoms with Gasteiger partial charge in [0.2, 0.25) is 5.82 Å². The Bertz CT molecular complexity index is 913. The van der Waals surface area contributed by atoms with E-state index in [2.05, 4.69) is 6.08 Å². The molecule has 0 unspecified atom stereocenters. The quantitative estimate of drug-likeness (QED) is 0.471. The molecule has 3 aliphatic rings. The number of aryl methyl sites for hydroxylation is 1. The predicted octanol–water partition coefficient (Wildman–Crippen LogP) is 5.62. The largest absolute Gasteiger partial charge is 0.444 e. The second-order valence-electron chi connectivity index (χ2n) is 9.89. The Labute approximate surface area is 176 Å². The Morgan fingerprint density at radius 2 is 1.83 bits per heavy atom. The maximum Gasteiger partial charge on any atom is 0.411 e. The molecule has 0 saturated heterocycles. The highest BCUT2D eigenvalue weighted by molar-refractivity contribution is 5.76. The molecule has 2 atom stereocenters. The molecule has 0 aromatic heterocycles. The van der Waals surface area contributed by atoms with E-state index in [4.69, 9.17) is 4.74 Å². The van der Waals surface area contributed by atoms with Crippen LogP contribution < -0.4 is 0 Å². The van der Waals surface area contributed by atoms with E-state index in [1.54, 1.807) is 6.92 Å². The number of nitrogens with zero attached hydrogens (tertiary/aromatic N) is 2. The summed E-state index contributed by atoms with van der Waals surface area (Å²) in [5.74, 6) is -0.00930. The molecule has 7 heteroatoms. The van der Waals surface area contributed by atoms with Crippen LogP contribution in [0.4, 0.5) is 14.9 Å². The topological polar surface area (TPSA) is 72.7 Å². The summed E-state index contributed by atoms with van der Waals surface area (Å²) in [5.41, 5.74) is 1.30. The molecule has 1 amide bonds. The number of rotatable bonds is 4. The summed E-state index contributed by atoms with van der Waals surface area (Å²) in [6.45, 7) is 7.40. The lowest BCUT2D eigenvalue weighted by Gasteiger charge is -2.42. The smallest absolute Gasteiger partial charge is 0.411 e. The van der Waals surface area contributed by atoms with Gasteiger partial charge < -0.3 is 4.74 Å². The van der Waals surface area contributed by atoms with E-state index < -0.39 is 22.0 Å². The zero-order valence-electron chi connectivity index (χ0n) is 18.0. The van der Waals surface area contributed by atoms with Crippen molar-refractivity contribution in [1.29, 1.82) is 0 Å². The highest BCUT2D eigenvalue weighted by Crippen LogP contribution is 2.48. The third kappa shape index (κ3) is 4.20. The molecule has 0 N–H and O–H groups in total. The lowest BCUT2D eigenvalue weighted by molar-refractivity contribution is -0.387. The zero-order chi connectivity index (χ0) is 21.8. The molecule has 2 aliphatic carbocycles. The lowest BCUT2D eigenvalue weighted by Crippen LogP contribution is -2.52. The van der Waals surface area contributed by atoms with Gasteiger partial charge in [-0.2, -0.15) is 4.39 Å². The molecule has 0 spiro atoms. The van der Waals surface area contributed by atoms with Crippen LogP contribution in [0.2, 0.25) is 0 Å². The summed E-state index contributed by atoms with van der Waals surface area (Å²) >= 11 is 0. The lowest BCUT2D eigenvalue weighted by atomic mass is 9.85. The first-order valence-corrected chi connectivity index (χ1v) is 10.7. The number of carbonyl (C=O) groups is 1. The van der Waals surface area contributed by atoms with Crippen molar-refractivity contribution in [1.82, 2.24) is 4.90 Å². The van der Waals surface area contributed by atoms with Crippen LogP contribution in [0.25, 0.3) is 5.57 Å². The fourth-order valence-corrected chi connectivity index (χ4v) is 4.50. The number of hydrogen-bond acceptors (Lipinski definition) is 4. The molecule has 1 heterocycles. The third-order valence-electron chi connectivity index (χ3n) is 6.19. The monoisotopic (exact) mass is 416 g/mol. The van der Waals surface area contributed by atoms with E-state index in [0.29, 0.717) is 29.4 Å². The van der Waals surface area contributed by atoms with Crippen molar-refractivity contribution in [2.24, 2.45) is 11.8 Å². The predicted molar refractivity (Wildman–Crippen MR) is 111 cm³/mol. The van der Waals surface area contributed by atoms with Gasteiger partial charge in [0, 0.05) is 12.1 Å². The maximum atomic E-state index is 14.4. The van der Waals surface area contributed by atoms with Crippen LogP contribution in [-0.2, 0) is 4.74 Å². The van der Waals surface area contributed by atoms with E-state index >= 15 is 0 Å². The fraction of sp³-hybridized carbons (Fsp3) is 0.609. The van der Waals surface area contributed by atoms with Crippen LogP contribution in [0, 0.1) is 34.7 Å². The van der Waals surface area contributed by atoms with E-state index in [1.165, 1.54) is 12.1 Å². The summed E-state index contributed by atoms with van der Waals surface area (Å²) in [7, 11) is 0. The van der Waals surface area contributed by atoms with Gasteiger partial charge in [-0.15, -0.1) is 0 Å². The van der Waals surface area contributed by atoms with Crippen molar-refractivity contribution >= 4 is 17.4 Å². The van der Waals surface area contributed by atoms with Gasteiger partial charge in [-0.1, -0.05) is 6.08 Å². The number of nitro benzene ring substituents is 1. The molecule has 4 rings (SSSR count).